The highest BCUT2D eigenvalue weighted by molar-refractivity contribution is 6.02. The van der Waals surface area contributed by atoms with Gasteiger partial charge < -0.3 is 20.3 Å². The van der Waals surface area contributed by atoms with Crippen LogP contribution >= 0.6 is 0 Å². The Labute approximate surface area is 171 Å². The molecule has 2 amide bonds. The molecule has 0 bridgehead atoms. The molecule has 0 aliphatic carbocycles. The molecule has 0 radical (unpaired) electrons. The van der Waals surface area contributed by atoms with Crippen molar-refractivity contribution in [2.75, 3.05) is 35.2 Å². The highest BCUT2D eigenvalue weighted by Crippen LogP contribution is 2.26. The van der Waals surface area contributed by atoms with Gasteiger partial charge in [0.1, 0.15) is 11.6 Å². The maximum Gasteiger partial charge on any atom is 0.323 e. The van der Waals surface area contributed by atoms with Crippen LogP contribution < -0.4 is 20.3 Å². The molecular formula is C23H28N4O2. The number of nitrogens with zero attached hydrogens (tertiary/aromatic N) is 2. The van der Waals surface area contributed by atoms with E-state index in [1.165, 1.54) is 0 Å². The van der Waals surface area contributed by atoms with Gasteiger partial charge in [0, 0.05) is 24.2 Å². The first-order chi connectivity index (χ1) is 14.0. The first-order valence-corrected chi connectivity index (χ1v) is 10.0. The number of aryl methyl sites for hydroxylation is 1. The normalized spacial score (nSPS) is 10.6. The molecule has 0 fully saturated rings. The van der Waals surface area contributed by atoms with Crippen molar-refractivity contribution in [3.63, 3.8) is 0 Å². The second kappa shape index (κ2) is 9.28. The average molecular weight is 393 g/mol. The Morgan fingerprint density at radius 3 is 2.52 bits per heavy atom. The molecule has 3 rings (SSSR count). The smallest absolute Gasteiger partial charge is 0.323 e. The van der Waals surface area contributed by atoms with E-state index >= 15 is 0 Å². The minimum absolute atomic E-state index is 0.318. The van der Waals surface area contributed by atoms with Crippen molar-refractivity contribution in [2.45, 2.75) is 27.7 Å². The zero-order valence-corrected chi connectivity index (χ0v) is 17.5. The Morgan fingerprint density at radius 1 is 1.03 bits per heavy atom. The van der Waals surface area contributed by atoms with Crippen LogP contribution in [0, 0.1) is 6.92 Å². The zero-order valence-electron chi connectivity index (χ0n) is 17.5. The summed E-state index contributed by atoms with van der Waals surface area (Å²) in [6.07, 6.45) is 0. The van der Waals surface area contributed by atoms with Crippen molar-refractivity contribution in [3.05, 3.63) is 54.1 Å². The number of ether oxygens (including phenoxy) is 1. The number of fused-ring (bicyclic) bond motifs is 1. The number of carbonyl (C=O) groups excluding carboxylic acids is 1. The number of hydrogen-bond donors (Lipinski definition) is 2. The molecule has 1 aromatic heterocycles. The van der Waals surface area contributed by atoms with E-state index in [1.54, 1.807) is 0 Å². The third-order valence-electron chi connectivity index (χ3n) is 4.78. The van der Waals surface area contributed by atoms with Gasteiger partial charge >= 0.3 is 6.03 Å². The van der Waals surface area contributed by atoms with Gasteiger partial charge in [-0.3, -0.25) is 0 Å². The summed E-state index contributed by atoms with van der Waals surface area (Å²) in [7, 11) is 0. The summed E-state index contributed by atoms with van der Waals surface area (Å²) in [6.45, 7) is 10.6. The highest BCUT2D eigenvalue weighted by atomic mass is 16.5. The lowest BCUT2D eigenvalue weighted by Crippen LogP contribution is -2.23. The molecule has 29 heavy (non-hydrogen) atoms. The van der Waals surface area contributed by atoms with E-state index < -0.39 is 0 Å². The lowest BCUT2D eigenvalue weighted by atomic mass is 10.1. The molecular weight excluding hydrogens is 364 g/mol. The fraction of sp³-hybridized carbons (Fsp3) is 0.304. The van der Waals surface area contributed by atoms with Crippen LogP contribution in [0.5, 0.6) is 5.75 Å². The molecule has 152 valence electrons. The molecule has 0 saturated carbocycles. The topological polar surface area (TPSA) is 66.5 Å². The lowest BCUT2D eigenvalue weighted by Gasteiger charge is -2.21. The van der Waals surface area contributed by atoms with E-state index in [2.05, 4.69) is 42.4 Å². The first-order valence-electron chi connectivity index (χ1n) is 10.0. The monoisotopic (exact) mass is 392 g/mol. The number of rotatable bonds is 7. The van der Waals surface area contributed by atoms with Gasteiger partial charge in [-0.05, 0) is 69.7 Å². The summed E-state index contributed by atoms with van der Waals surface area (Å²) in [5, 5.41) is 6.77. The third-order valence-corrected chi connectivity index (χ3v) is 4.78. The maximum absolute atomic E-state index is 12.5. The Morgan fingerprint density at radius 2 is 1.79 bits per heavy atom. The second-order valence-electron chi connectivity index (χ2n) is 6.71. The zero-order chi connectivity index (χ0) is 20.8. The third kappa shape index (κ3) is 4.77. The molecule has 0 aliphatic heterocycles. The van der Waals surface area contributed by atoms with Gasteiger partial charge in [0.25, 0.3) is 0 Å². The van der Waals surface area contributed by atoms with Crippen LogP contribution in [0.15, 0.2) is 48.5 Å². The fourth-order valence-electron chi connectivity index (χ4n) is 3.30. The van der Waals surface area contributed by atoms with Crippen molar-refractivity contribution >= 4 is 34.1 Å². The van der Waals surface area contributed by atoms with Crippen molar-refractivity contribution < 1.29 is 9.53 Å². The van der Waals surface area contributed by atoms with E-state index in [1.807, 2.05) is 49.4 Å². The fourth-order valence-corrected chi connectivity index (χ4v) is 3.30. The summed E-state index contributed by atoms with van der Waals surface area (Å²) in [4.78, 5) is 19.5. The van der Waals surface area contributed by atoms with Gasteiger partial charge in [0.05, 0.1) is 17.8 Å². The number of nitrogens with one attached hydrogen (secondary N) is 2. The van der Waals surface area contributed by atoms with E-state index in [0.717, 1.165) is 35.4 Å². The number of pyridine rings is 1. The van der Waals surface area contributed by atoms with E-state index in [0.29, 0.717) is 23.7 Å². The van der Waals surface area contributed by atoms with Gasteiger partial charge in [0.15, 0.2) is 0 Å². The Kier molecular flexibility index (Phi) is 6.54. The molecule has 2 aromatic carbocycles. The number of amides is 2. The quantitative estimate of drug-likeness (QED) is 0.562. The summed E-state index contributed by atoms with van der Waals surface area (Å²) in [6, 6.07) is 14.9. The summed E-state index contributed by atoms with van der Waals surface area (Å²) >= 11 is 0. The SMILES string of the molecule is CCOc1ccccc1NC(=O)Nc1ccc2nc(N(CC)CC)cc(C)c2c1. The predicted octanol–water partition coefficient (Wildman–Crippen LogP) is 5.43. The number of aromatic nitrogens is 1. The minimum Gasteiger partial charge on any atom is -0.492 e. The van der Waals surface area contributed by atoms with Gasteiger partial charge in [-0.2, -0.15) is 0 Å². The Balaban J connectivity index is 1.79. The van der Waals surface area contributed by atoms with Crippen LogP contribution in [0.1, 0.15) is 26.3 Å². The molecule has 0 unspecified atom stereocenters. The lowest BCUT2D eigenvalue weighted by molar-refractivity contribution is 0.262. The van der Waals surface area contributed by atoms with Gasteiger partial charge in [0.2, 0.25) is 0 Å². The van der Waals surface area contributed by atoms with Gasteiger partial charge in [-0.25, -0.2) is 9.78 Å². The van der Waals surface area contributed by atoms with Crippen LogP contribution in [0.4, 0.5) is 22.0 Å². The summed E-state index contributed by atoms with van der Waals surface area (Å²) in [5.74, 6) is 1.62. The number of urea groups is 1. The van der Waals surface area contributed by atoms with Crippen LogP contribution in [0.25, 0.3) is 10.9 Å². The summed E-state index contributed by atoms with van der Waals surface area (Å²) < 4.78 is 5.56. The molecule has 6 nitrogen and oxygen atoms in total. The van der Waals surface area contributed by atoms with E-state index in [9.17, 15) is 4.79 Å². The van der Waals surface area contributed by atoms with Crippen LogP contribution in [-0.4, -0.2) is 30.7 Å². The molecule has 0 spiro atoms. The Bertz CT molecular complexity index is 999. The molecule has 0 saturated heterocycles. The number of hydrogen-bond acceptors (Lipinski definition) is 4. The van der Waals surface area contributed by atoms with E-state index in [-0.39, 0.29) is 6.03 Å². The molecule has 0 atom stereocenters. The second-order valence-corrected chi connectivity index (χ2v) is 6.71. The molecule has 6 heteroatoms. The van der Waals surface area contributed by atoms with Crippen molar-refractivity contribution in [1.82, 2.24) is 4.98 Å². The molecule has 2 N–H and O–H groups in total. The predicted molar refractivity (Wildman–Crippen MR) is 120 cm³/mol. The van der Waals surface area contributed by atoms with Crippen LogP contribution in [-0.2, 0) is 0 Å². The Hall–Kier alpha value is -3.28. The van der Waals surface area contributed by atoms with Gasteiger partial charge in [-0.15, -0.1) is 0 Å². The number of benzene rings is 2. The van der Waals surface area contributed by atoms with Crippen molar-refractivity contribution in [1.29, 1.82) is 0 Å². The largest absolute Gasteiger partial charge is 0.492 e. The maximum atomic E-state index is 12.5. The number of carbonyl (C=O) groups is 1. The standard InChI is InChI=1S/C23H28N4O2/c1-5-27(6-2)22-14-16(4)18-15-17(12-13-19(18)25-22)24-23(28)26-20-10-8-9-11-21(20)29-7-3/h8-15H,5-7H2,1-4H3,(H2,24,26,28). The van der Waals surface area contributed by atoms with Crippen molar-refractivity contribution in [3.8, 4) is 5.75 Å². The van der Waals surface area contributed by atoms with Gasteiger partial charge in [-0.1, -0.05) is 12.1 Å². The summed E-state index contributed by atoms with van der Waals surface area (Å²) in [5.41, 5.74) is 3.39. The molecule has 1 heterocycles. The molecule has 3 aromatic rings. The van der Waals surface area contributed by atoms with Crippen LogP contribution in [0.2, 0.25) is 0 Å². The first kappa shape index (κ1) is 20.5. The molecule has 0 aliphatic rings. The van der Waals surface area contributed by atoms with Crippen molar-refractivity contribution in [2.24, 2.45) is 0 Å². The number of para-hydroxylation sites is 2. The van der Waals surface area contributed by atoms with E-state index in [4.69, 9.17) is 9.72 Å². The highest BCUT2D eigenvalue weighted by Gasteiger charge is 2.11. The number of anilines is 3. The minimum atomic E-state index is -0.318. The average Bonchev–Trinajstić information content (AvgIpc) is 2.71. The van der Waals surface area contributed by atoms with Crippen LogP contribution in [0.3, 0.4) is 0 Å².